The Morgan fingerprint density at radius 2 is 1.77 bits per heavy atom. The molecule has 0 saturated heterocycles. The van der Waals surface area contributed by atoms with Crippen LogP contribution in [0, 0.1) is 6.92 Å². The highest BCUT2D eigenvalue weighted by molar-refractivity contribution is 5.78. The van der Waals surface area contributed by atoms with Crippen LogP contribution in [-0.2, 0) is 11.2 Å². The molecule has 0 radical (unpaired) electrons. The van der Waals surface area contributed by atoms with Gasteiger partial charge in [0.1, 0.15) is 11.9 Å². The van der Waals surface area contributed by atoms with Gasteiger partial charge in [-0.3, -0.25) is 4.79 Å². The minimum absolute atomic E-state index is 0.0240. The van der Waals surface area contributed by atoms with Crippen LogP contribution in [0.3, 0.4) is 0 Å². The number of carbonyl (C=O) groups is 1. The van der Waals surface area contributed by atoms with E-state index in [4.69, 9.17) is 10.5 Å². The van der Waals surface area contributed by atoms with Gasteiger partial charge in [-0.1, -0.05) is 29.8 Å². The maximum Gasteiger partial charge on any atom is 0.224 e. The molecule has 3 N–H and O–H groups in total. The zero-order valence-electron chi connectivity index (χ0n) is 13.0. The van der Waals surface area contributed by atoms with Crippen LogP contribution in [0.25, 0.3) is 0 Å². The summed E-state index contributed by atoms with van der Waals surface area (Å²) in [6, 6.07) is 15.2. The van der Waals surface area contributed by atoms with Crippen molar-refractivity contribution in [2.45, 2.75) is 26.4 Å². The van der Waals surface area contributed by atoms with E-state index in [1.165, 1.54) is 5.56 Å². The molecule has 2 aromatic rings. The molecular weight excluding hydrogens is 276 g/mol. The number of nitrogen functional groups attached to an aromatic ring is 1. The molecule has 2 aromatic carbocycles. The van der Waals surface area contributed by atoms with E-state index in [9.17, 15) is 4.79 Å². The molecule has 0 aliphatic heterocycles. The van der Waals surface area contributed by atoms with Gasteiger partial charge in [0.2, 0.25) is 5.91 Å². The molecule has 0 spiro atoms. The average Bonchev–Trinajstić information content (AvgIpc) is 2.50. The van der Waals surface area contributed by atoms with Crippen molar-refractivity contribution in [3.8, 4) is 5.75 Å². The second kappa shape index (κ2) is 7.50. The molecule has 22 heavy (non-hydrogen) atoms. The van der Waals surface area contributed by atoms with Crippen molar-refractivity contribution in [3.63, 3.8) is 0 Å². The number of nitrogens with two attached hydrogens (primary N) is 1. The van der Waals surface area contributed by atoms with Gasteiger partial charge in [-0.2, -0.15) is 0 Å². The van der Waals surface area contributed by atoms with Crippen molar-refractivity contribution < 1.29 is 9.53 Å². The summed E-state index contributed by atoms with van der Waals surface area (Å²) in [6.07, 6.45) is 0.260. The van der Waals surface area contributed by atoms with Gasteiger partial charge in [-0.05, 0) is 43.7 Å². The van der Waals surface area contributed by atoms with E-state index in [2.05, 4.69) is 5.32 Å². The van der Waals surface area contributed by atoms with Crippen LogP contribution in [-0.4, -0.2) is 18.6 Å². The fraction of sp³-hybridized carbons (Fsp3) is 0.278. The average molecular weight is 298 g/mol. The summed E-state index contributed by atoms with van der Waals surface area (Å²) in [5, 5.41) is 2.88. The number of benzene rings is 2. The van der Waals surface area contributed by atoms with Gasteiger partial charge < -0.3 is 15.8 Å². The number of anilines is 1. The molecule has 2 rings (SSSR count). The van der Waals surface area contributed by atoms with E-state index in [1.807, 2.05) is 50.2 Å². The maximum atomic E-state index is 11.9. The third-order valence-electron chi connectivity index (χ3n) is 3.29. The summed E-state index contributed by atoms with van der Waals surface area (Å²) in [6.45, 7) is 4.44. The molecule has 0 fully saturated rings. The van der Waals surface area contributed by atoms with E-state index in [1.54, 1.807) is 12.1 Å². The molecule has 4 heteroatoms. The normalized spacial score (nSPS) is 11.7. The summed E-state index contributed by atoms with van der Waals surface area (Å²) in [5.74, 6) is 0.787. The van der Waals surface area contributed by atoms with Crippen LogP contribution in [0.4, 0.5) is 5.69 Å². The van der Waals surface area contributed by atoms with Crippen LogP contribution >= 0.6 is 0 Å². The lowest BCUT2D eigenvalue weighted by Crippen LogP contribution is -2.34. The second-order valence-corrected chi connectivity index (χ2v) is 5.46. The number of amides is 1. The van der Waals surface area contributed by atoms with Gasteiger partial charge in [0.25, 0.3) is 0 Å². The fourth-order valence-electron chi connectivity index (χ4n) is 2.03. The van der Waals surface area contributed by atoms with Gasteiger partial charge in [0, 0.05) is 5.69 Å². The zero-order valence-corrected chi connectivity index (χ0v) is 13.0. The van der Waals surface area contributed by atoms with Crippen LogP contribution in [0.2, 0.25) is 0 Å². The smallest absolute Gasteiger partial charge is 0.224 e. The third-order valence-corrected chi connectivity index (χ3v) is 3.29. The van der Waals surface area contributed by atoms with Crippen molar-refractivity contribution in [1.29, 1.82) is 0 Å². The first kappa shape index (κ1) is 15.9. The molecule has 1 atom stereocenters. The standard InChI is InChI=1S/C18H22N2O2/c1-13-3-9-17(10-4-13)22-14(2)12-20-18(21)11-15-5-7-16(19)8-6-15/h3-10,14H,11-12,19H2,1-2H3,(H,20,21). The Morgan fingerprint density at radius 1 is 1.14 bits per heavy atom. The highest BCUT2D eigenvalue weighted by atomic mass is 16.5. The molecular formula is C18H22N2O2. The SMILES string of the molecule is Cc1ccc(OC(C)CNC(=O)Cc2ccc(N)cc2)cc1. The lowest BCUT2D eigenvalue weighted by molar-refractivity contribution is -0.120. The first-order valence-corrected chi connectivity index (χ1v) is 7.37. The summed E-state index contributed by atoms with van der Waals surface area (Å²) >= 11 is 0. The van der Waals surface area contributed by atoms with Gasteiger partial charge in [-0.15, -0.1) is 0 Å². The maximum absolute atomic E-state index is 11.9. The zero-order chi connectivity index (χ0) is 15.9. The first-order valence-electron chi connectivity index (χ1n) is 7.37. The number of hydrogen-bond acceptors (Lipinski definition) is 3. The molecule has 0 heterocycles. The number of nitrogens with one attached hydrogen (secondary N) is 1. The predicted molar refractivity (Wildman–Crippen MR) is 88.8 cm³/mol. The van der Waals surface area contributed by atoms with Crippen LogP contribution < -0.4 is 15.8 Å². The monoisotopic (exact) mass is 298 g/mol. The Morgan fingerprint density at radius 3 is 2.41 bits per heavy atom. The molecule has 1 unspecified atom stereocenters. The van der Waals surface area contributed by atoms with Crippen molar-refractivity contribution in [2.24, 2.45) is 0 Å². The van der Waals surface area contributed by atoms with Crippen LogP contribution in [0.15, 0.2) is 48.5 Å². The number of aryl methyl sites for hydroxylation is 1. The quantitative estimate of drug-likeness (QED) is 0.806. The lowest BCUT2D eigenvalue weighted by atomic mass is 10.1. The minimum Gasteiger partial charge on any atom is -0.489 e. The summed E-state index contributed by atoms with van der Waals surface area (Å²) in [4.78, 5) is 11.9. The molecule has 0 bridgehead atoms. The van der Waals surface area contributed by atoms with Gasteiger partial charge in [0.15, 0.2) is 0 Å². The Balaban J connectivity index is 1.75. The number of rotatable bonds is 6. The predicted octanol–water partition coefficient (Wildman–Crippen LogP) is 2.70. The van der Waals surface area contributed by atoms with E-state index in [0.29, 0.717) is 18.7 Å². The molecule has 0 aliphatic carbocycles. The Labute approximate surface area is 131 Å². The Kier molecular flexibility index (Phi) is 5.42. The molecule has 116 valence electrons. The number of ether oxygens (including phenoxy) is 1. The van der Waals surface area contributed by atoms with Crippen molar-refractivity contribution in [1.82, 2.24) is 5.32 Å². The number of carbonyl (C=O) groups excluding carboxylic acids is 1. The van der Waals surface area contributed by atoms with Gasteiger partial charge in [0.05, 0.1) is 13.0 Å². The lowest BCUT2D eigenvalue weighted by Gasteiger charge is -2.15. The Hall–Kier alpha value is -2.49. The molecule has 4 nitrogen and oxygen atoms in total. The number of hydrogen-bond donors (Lipinski definition) is 2. The van der Waals surface area contributed by atoms with Crippen molar-refractivity contribution in [2.75, 3.05) is 12.3 Å². The largest absolute Gasteiger partial charge is 0.489 e. The molecule has 1 amide bonds. The summed E-state index contributed by atoms with van der Waals surface area (Å²) in [7, 11) is 0. The van der Waals surface area contributed by atoms with Gasteiger partial charge in [-0.25, -0.2) is 0 Å². The van der Waals surface area contributed by atoms with Crippen molar-refractivity contribution >= 4 is 11.6 Å². The van der Waals surface area contributed by atoms with E-state index >= 15 is 0 Å². The van der Waals surface area contributed by atoms with Crippen LogP contribution in [0.5, 0.6) is 5.75 Å². The summed E-state index contributed by atoms with van der Waals surface area (Å²) in [5.41, 5.74) is 8.45. The Bertz CT molecular complexity index is 606. The van der Waals surface area contributed by atoms with E-state index < -0.39 is 0 Å². The molecule has 0 aromatic heterocycles. The first-order chi connectivity index (χ1) is 10.5. The highest BCUT2D eigenvalue weighted by Crippen LogP contribution is 2.13. The van der Waals surface area contributed by atoms with Crippen LogP contribution in [0.1, 0.15) is 18.1 Å². The minimum atomic E-state index is -0.0851. The topological polar surface area (TPSA) is 64.3 Å². The fourth-order valence-corrected chi connectivity index (χ4v) is 2.03. The molecule has 0 aliphatic rings. The van der Waals surface area contributed by atoms with E-state index in [-0.39, 0.29) is 12.0 Å². The van der Waals surface area contributed by atoms with E-state index in [0.717, 1.165) is 11.3 Å². The highest BCUT2D eigenvalue weighted by Gasteiger charge is 2.08. The van der Waals surface area contributed by atoms with Gasteiger partial charge >= 0.3 is 0 Å². The summed E-state index contributed by atoms with van der Waals surface area (Å²) < 4.78 is 5.75. The third kappa shape index (κ3) is 5.13. The molecule has 0 saturated carbocycles. The van der Waals surface area contributed by atoms with Crippen molar-refractivity contribution in [3.05, 3.63) is 59.7 Å². The second-order valence-electron chi connectivity index (χ2n) is 5.46.